The van der Waals surface area contributed by atoms with Gasteiger partial charge in [0, 0.05) is 29.6 Å². The van der Waals surface area contributed by atoms with Crippen LogP contribution in [0.4, 0.5) is 11.6 Å². The second kappa shape index (κ2) is 10.1. The lowest BCUT2D eigenvalue weighted by molar-refractivity contribution is 0.182. The largest absolute Gasteiger partial charge is 0.393 e. The molecule has 1 saturated heterocycles. The van der Waals surface area contributed by atoms with Crippen LogP contribution in [-0.4, -0.2) is 55.1 Å². The van der Waals surface area contributed by atoms with Crippen molar-refractivity contribution < 1.29 is 5.11 Å². The first-order chi connectivity index (χ1) is 18.1. The molecule has 9 heteroatoms. The van der Waals surface area contributed by atoms with Crippen molar-refractivity contribution in [1.29, 1.82) is 0 Å². The van der Waals surface area contributed by atoms with Crippen molar-refractivity contribution in [2.24, 2.45) is 0 Å². The van der Waals surface area contributed by atoms with Gasteiger partial charge in [-0.1, -0.05) is 19.1 Å². The molecule has 4 heterocycles. The zero-order valence-corrected chi connectivity index (χ0v) is 21.2. The average molecular weight is 499 g/mol. The predicted molar refractivity (Wildman–Crippen MR) is 146 cm³/mol. The number of nitrogen functional groups attached to an aromatic ring is 1. The van der Waals surface area contributed by atoms with Crippen LogP contribution in [0, 0.1) is 0 Å². The summed E-state index contributed by atoms with van der Waals surface area (Å²) >= 11 is 0. The van der Waals surface area contributed by atoms with Crippen molar-refractivity contribution >= 4 is 22.7 Å². The van der Waals surface area contributed by atoms with Crippen LogP contribution in [0.1, 0.15) is 56.2 Å². The standard InChI is InChI=1S/C28H34N8O/c1-2-24-28(33-20-5-8-22(37)13-20)35-25-23(15-31-27(29)26(25)34-24)19-14-32-36(16-19)21-6-3-17(4-7-21)18-9-11-30-12-10-18/h3-4,6-7,14-16,18,20,22,30,37H,2,5,8-13H2,1H3,(H2,29,31)(H,33,35)/t20-,22+/m1/s1. The molecular formula is C28H34N8O. The summed E-state index contributed by atoms with van der Waals surface area (Å²) in [6, 6.07) is 8.91. The number of hydrogen-bond donors (Lipinski definition) is 4. The van der Waals surface area contributed by atoms with Crippen LogP contribution in [0.2, 0.25) is 0 Å². The fraction of sp³-hybridized carbons (Fsp3) is 0.429. The second-order valence-electron chi connectivity index (χ2n) is 10.2. The van der Waals surface area contributed by atoms with Crippen LogP contribution >= 0.6 is 0 Å². The van der Waals surface area contributed by atoms with Gasteiger partial charge >= 0.3 is 0 Å². The molecule has 5 N–H and O–H groups in total. The van der Waals surface area contributed by atoms with Gasteiger partial charge in [0.15, 0.2) is 5.82 Å². The van der Waals surface area contributed by atoms with E-state index in [-0.39, 0.29) is 12.1 Å². The number of aliphatic hydroxyl groups excluding tert-OH is 1. The molecule has 1 aromatic carbocycles. The lowest BCUT2D eigenvalue weighted by atomic mass is 9.90. The van der Waals surface area contributed by atoms with E-state index >= 15 is 0 Å². The Morgan fingerprint density at radius 3 is 2.59 bits per heavy atom. The summed E-state index contributed by atoms with van der Waals surface area (Å²) in [5, 5.41) is 21.6. The van der Waals surface area contributed by atoms with Gasteiger partial charge in [-0.25, -0.2) is 19.6 Å². The third-order valence-electron chi connectivity index (χ3n) is 7.74. The van der Waals surface area contributed by atoms with Crippen molar-refractivity contribution in [2.45, 2.75) is 63.5 Å². The number of aromatic nitrogens is 5. The van der Waals surface area contributed by atoms with Crippen LogP contribution in [0.15, 0.2) is 42.9 Å². The van der Waals surface area contributed by atoms with E-state index in [2.05, 4.69) is 51.9 Å². The summed E-state index contributed by atoms with van der Waals surface area (Å²) in [7, 11) is 0. The number of hydrogen-bond acceptors (Lipinski definition) is 8. The normalized spacial score (nSPS) is 20.5. The van der Waals surface area contributed by atoms with Gasteiger partial charge in [-0.3, -0.25) is 0 Å². The van der Waals surface area contributed by atoms with Crippen LogP contribution in [-0.2, 0) is 6.42 Å². The molecule has 0 amide bonds. The Kier molecular flexibility index (Phi) is 6.48. The topological polar surface area (TPSA) is 127 Å². The molecule has 1 aliphatic heterocycles. The van der Waals surface area contributed by atoms with Gasteiger partial charge in [-0.2, -0.15) is 5.10 Å². The molecule has 3 aromatic heterocycles. The molecule has 0 unspecified atom stereocenters. The van der Waals surface area contributed by atoms with E-state index in [1.807, 2.05) is 17.1 Å². The number of fused-ring (bicyclic) bond motifs is 1. The highest BCUT2D eigenvalue weighted by Crippen LogP contribution is 2.32. The van der Waals surface area contributed by atoms with Crippen LogP contribution in [0.3, 0.4) is 0 Å². The van der Waals surface area contributed by atoms with E-state index < -0.39 is 0 Å². The number of aryl methyl sites for hydroxylation is 1. The quantitative estimate of drug-likeness (QED) is 0.316. The number of piperidine rings is 1. The molecule has 0 radical (unpaired) electrons. The average Bonchev–Trinajstić information content (AvgIpc) is 3.58. The fourth-order valence-corrected chi connectivity index (χ4v) is 5.61. The van der Waals surface area contributed by atoms with E-state index in [1.54, 1.807) is 6.20 Å². The van der Waals surface area contributed by atoms with Gasteiger partial charge in [0.1, 0.15) is 16.9 Å². The number of anilines is 2. The molecule has 0 spiro atoms. The van der Waals surface area contributed by atoms with Crippen molar-refractivity contribution in [3.63, 3.8) is 0 Å². The maximum absolute atomic E-state index is 9.97. The highest BCUT2D eigenvalue weighted by Gasteiger charge is 2.25. The van der Waals surface area contributed by atoms with E-state index in [9.17, 15) is 5.11 Å². The minimum Gasteiger partial charge on any atom is -0.393 e. The highest BCUT2D eigenvalue weighted by atomic mass is 16.3. The summed E-state index contributed by atoms with van der Waals surface area (Å²) in [5.74, 6) is 1.74. The van der Waals surface area contributed by atoms with Gasteiger partial charge in [0.05, 0.1) is 23.7 Å². The summed E-state index contributed by atoms with van der Waals surface area (Å²) in [4.78, 5) is 14.3. The number of pyridine rings is 1. The van der Waals surface area contributed by atoms with E-state index in [0.29, 0.717) is 22.8 Å². The molecule has 1 saturated carbocycles. The zero-order valence-electron chi connectivity index (χ0n) is 21.2. The first-order valence-corrected chi connectivity index (χ1v) is 13.3. The Morgan fingerprint density at radius 1 is 1.05 bits per heavy atom. The molecule has 0 bridgehead atoms. The molecule has 1 aliphatic carbocycles. The van der Waals surface area contributed by atoms with Crippen molar-refractivity contribution in [3.05, 3.63) is 54.1 Å². The summed E-state index contributed by atoms with van der Waals surface area (Å²) in [5.41, 5.74) is 12.5. The van der Waals surface area contributed by atoms with Gasteiger partial charge in [-0.05, 0) is 75.2 Å². The Balaban J connectivity index is 1.33. The van der Waals surface area contributed by atoms with E-state index in [4.69, 9.17) is 15.7 Å². The summed E-state index contributed by atoms with van der Waals surface area (Å²) in [6.07, 6.45) is 10.9. The van der Waals surface area contributed by atoms with Crippen LogP contribution in [0.5, 0.6) is 0 Å². The molecule has 37 heavy (non-hydrogen) atoms. The zero-order chi connectivity index (χ0) is 25.4. The van der Waals surface area contributed by atoms with Gasteiger partial charge < -0.3 is 21.5 Å². The minimum absolute atomic E-state index is 0.185. The smallest absolute Gasteiger partial charge is 0.151 e. The molecule has 9 nitrogen and oxygen atoms in total. The lowest BCUT2D eigenvalue weighted by Crippen LogP contribution is -2.26. The molecule has 2 atom stereocenters. The van der Waals surface area contributed by atoms with Crippen molar-refractivity contribution in [2.75, 3.05) is 24.1 Å². The lowest BCUT2D eigenvalue weighted by Gasteiger charge is -2.23. The molecule has 2 fully saturated rings. The number of nitrogens with one attached hydrogen (secondary N) is 2. The van der Waals surface area contributed by atoms with Gasteiger partial charge in [0.2, 0.25) is 0 Å². The number of benzene rings is 1. The van der Waals surface area contributed by atoms with E-state index in [0.717, 1.165) is 67.1 Å². The third kappa shape index (κ3) is 4.76. The number of nitrogens with zero attached hydrogens (tertiary/aromatic N) is 5. The second-order valence-corrected chi connectivity index (χ2v) is 10.2. The SMILES string of the molecule is CCc1nc2c(N)ncc(-c3cnn(-c4ccc(C5CCNCC5)cc4)c3)c2nc1N[C@@H]1CC[C@H](O)C1. The Hall–Kier alpha value is -3.56. The third-order valence-corrected chi connectivity index (χ3v) is 7.74. The predicted octanol–water partition coefficient (Wildman–Crippen LogP) is 3.81. The Labute approximate surface area is 216 Å². The highest BCUT2D eigenvalue weighted by molar-refractivity contribution is 5.96. The molecule has 2 aliphatic rings. The van der Waals surface area contributed by atoms with Crippen LogP contribution in [0.25, 0.3) is 27.8 Å². The monoisotopic (exact) mass is 498 g/mol. The van der Waals surface area contributed by atoms with E-state index in [1.165, 1.54) is 18.4 Å². The van der Waals surface area contributed by atoms with Gasteiger partial charge in [0.25, 0.3) is 0 Å². The minimum atomic E-state index is -0.258. The molecular weight excluding hydrogens is 464 g/mol. The maximum atomic E-state index is 9.97. The summed E-state index contributed by atoms with van der Waals surface area (Å²) < 4.78 is 1.89. The maximum Gasteiger partial charge on any atom is 0.151 e. The Bertz CT molecular complexity index is 1390. The number of nitrogens with two attached hydrogens (primary N) is 1. The molecule has 4 aromatic rings. The van der Waals surface area contributed by atoms with Crippen molar-refractivity contribution in [1.82, 2.24) is 30.0 Å². The fourth-order valence-electron chi connectivity index (χ4n) is 5.61. The summed E-state index contributed by atoms with van der Waals surface area (Å²) in [6.45, 7) is 4.22. The van der Waals surface area contributed by atoms with Crippen molar-refractivity contribution in [3.8, 4) is 16.8 Å². The first-order valence-electron chi connectivity index (χ1n) is 13.3. The number of aliphatic hydroxyl groups is 1. The van der Waals surface area contributed by atoms with Crippen LogP contribution < -0.4 is 16.4 Å². The Morgan fingerprint density at radius 2 is 1.86 bits per heavy atom. The first kappa shape index (κ1) is 23.8. The number of rotatable bonds is 6. The molecule has 192 valence electrons. The van der Waals surface area contributed by atoms with Gasteiger partial charge in [-0.15, -0.1) is 0 Å². The molecule has 6 rings (SSSR count).